The predicted octanol–water partition coefficient (Wildman–Crippen LogP) is 6.06. The zero-order valence-electron chi connectivity index (χ0n) is 25.4. The van der Waals surface area contributed by atoms with Crippen molar-refractivity contribution in [2.24, 2.45) is 0 Å². The minimum Gasteiger partial charge on any atom is -0.508 e. The van der Waals surface area contributed by atoms with Crippen molar-refractivity contribution in [3.05, 3.63) is 53.3 Å². The zero-order valence-corrected chi connectivity index (χ0v) is 25.4. The Morgan fingerprint density at radius 1 is 1.11 bits per heavy atom. The molecule has 230 valence electrons. The van der Waals surface area contributed by atoms with Crippen molar-refractivity contribution in [3.63, 3.8) is 0 Å². The van der Waals surface area contributed by atoms with Crippen LogP contribution in [0.3, 0.4) is 0 Å². The number of rotatable bonds is 6. The standard InChI is InChI=1S/C35H39F2N5O2/c1-3-26-30(37)10-5-21-13-25(43)14-29(31(21)26)27-8-9-28-32(20(27)2)39-34(40-33(28)42-18-23-6-7-24(42)16-38-23)44-19-35-11-4-12-41(35)17-22(36)15-35/h5,8-10,13-14,22-24,38,43H,3-4,6-7,11-12,15-19H2,1-2H3/t22-,23+,24?,35+/m1/s1. The molecular weight excluding hydrogens is 560 g/mol. The van der Waals surface area contributed by atoms with Gasteiger partial charge in [-0.25, -0.2) is 8.78 Å². The van der Waals surface area contributed by atoms with Gasteiger partial charge in [-0.1, -0.05) is 19.1 Å². The van der Waals surface area contributed by atoms with E-state index >= 15 is 4.39 Å². The normalized spacial score (nSPS) is 26.6. The molecule has 9 rings (SSSR count). The third-order valence-corrected chi connectivity index (χ3v) is 10.7. The molecular formula is C35H39F2N5O2. The fourth-order valence-corrected chi connectivity index (χ4v) is 8.55. The summed E-state index contributed by atoms with van der Waals surface area (Å²) in [6.07, 6.45) is 4.40. The molecule has 5 aliphatic heterocycles. The van der Waals surface area contributed by atoms with Gasteiger partial charge in [-0.2, -0.15) is 9.97 Å². The van der Waals surface area contributed by atoms with Crippen LogP contribution in [0.2, 0.25) is 0 Å². The van der Waals surface area contributed by atoms with Gasteiger partial charge in [0.05, 0.1) is 11.1 Å². The van der Waals surface area contributed by atoms with Gasteiger partial charge >= 0.3 is 6.01 Å². The first-order valence-electron chi connectivity index (χ1n) is 16.1. The summed E-state index contributed by atoms with van der Waals surface area (Å²) in [5.74, 6) is 0.752. The monoisotopic (exact) mass is 599 g/mol. The summed E-state index contributed by atoms with van der Waals surface area (Å²) in [6.45, 7) is 7.50. The van der Waals surface area contributed by atoms with E-state index in [-0.39, 0.29) is 17.1 Å². The van der Waals surface area contributed by atoms with Gasteiger partial charge in [0.1, 0.15) is 30.2 Å². The second-order valence-electron chi connectivity index (χ2n) is 13.3. The molecule has 0 amide bonds. The molecule has 4 atom stereocenters. The summed E-state index contributed by atoms with van der Waals surface area (Å²) in [4.78, 5) is 14.7. The van der Waals surface area contributed by atoms with Crippen molar-refractivity contribution < 1.29 is 18.6 Å². The molecule has 4 aromatic rings. The van der Waals surface area contributed by atoms with Gasteiger partial charge < -0.3 is 20.1 Å². The van der Waals surface area contributed by atoms with Crippen molar-refractivity contribution >= 4 is 27.5 Å². The van der Waals surface area contributed by atoms with Gasteiger partial charge in [-0.05, 0) is 103 Å². The van der Waals surface area contributed by atoms with E-state index in [2.05, 4.69) is 27.2 Å². The molecule has 7 nitrogen and oxygen atoms in total. The number of hydrogen-bond acceptors (Lipinski definition) is 7. The Kier molecular flexibility index (Phi) is 6.68. The number of piperazine rings is 1. The minimum absolute atomic E-state index is 0.132. The number of fused-ring (bicyclic) bond motifs is 6. The number of nitrogens with one attached hydrogen (secondary N) is 1. The van der Waals surface area contributed by atoms with Crippen LogP contribution in [0.4, 0.5) is 14.6 Å². The highest BCUT2D eigenvalue weighted by Crippen LogP contribution is 2.43. The number of phenolic OH excluding ortho intramolecular Hbond substituents is 1. The Morgan fingerprint density at radius 2 is 2.00 bits per heavy atom. The molecule has 0 saturated carbocycles. The molecule has 3 aromatic carbocycles. The van der Waals surface area contributed by atoms with Gasteiger partial charge in [0.15, 0.2) is 0 Å². The molecule has 5 aliphatic rings. The van der Waals surface area contributed by atoms with Crippen molar-refractivity contribution in [3.8, 4) is 22.9 Å². The van der Waals surface area contributed by atoms with Crippen LogP contribution in [0, 0.1) is 12.7 Å². The molecule has 1 aromatic heterocycles. The molecule has 0 radical (unpaired) electrons. The van der Waals surface area contributed by atoms with Crippen LogP contribution in [-0.4, -0.2) is 76.6 Å². The summed E-state index contributed by atoms with van der Waals surface area (Å²) < 4.78 is 36.0. The van der Waals surface area contributed by atoms with E-state index < -0.39 is 6.17 Å². The highest BCUT2D eigenvalue weighted by Gasteiger charge is 2.49. The lowest BCUT2D eigenvalue weighted by Crippen LogP contribution is -2.61. The van der Waals surface area contributed by atoms with E-state index in [1.807, 2.05) is 13.8 Å². The molecule has 0 aliphatic carbocycles. The lowest BCUT2D eigenvalue weighted by Gasteiger charge is -2.46. The Bertz CT molecular complexity index is 1770. The SMILES string of the molecule is CCc1c(F)ccc2cc(O)cc(-c3ccc4c(N5C[C@@H]6CCC5CN6)nc(OC[C@@]56CCCN5C[C@H](F)C6)nc4c3C)c12. The smallest absolute Gasteiger partial charge is 0.319 e. The van der Waals surface area contributed by atoms with Crippen LogP contribution < -0.4 is 15.0 Å². The summed E-state index contributed by atoms with van der Waals surface area (Å²) in [7, 11) is 0. The molecule has 44 heavy (non-hydrogen) atoms. The Labute approximate surface area is 256 Å². The maximum atomic E-state index is 15.0. The van der Waals surface area contributed by atoms with Crippen LogP contribution in [0.5, 0.6) is 11.8 Å². The number of aryl methyl sites for hydroxylation is 2. The topological polar surface area (TPSA) is 73.8 Å². The average molecular weight is 600 g/mol. The number of alkyl halides is 1. The largest absolute Gasteiger partial charge is 0.508 e. The number of anilines is 1. The molecule has 1 unspecified atom stereocenters. The highest BCUT2D eigenvalue weighted by atomic mass is 19.1. The number of piperidine rings is 2. The predicted molar refractivity (Wildman–Crippen MR) is 169 cm³/mol. The summed E-state index contributed by atoms with van der Waals surface area (Å²) >= 11 is 0. The number of ether oxygens (including phenoxy) is 1. The zero-order chi connectivity index (χ0) is 30.2. The summed E-state index contributed by atoms with van der Waals surface area (Å²) in [5.41, 5.74) is 3.68. The van der Waals surface area contributed by atoms with Crippen LogP contribution in [-0.2, 0) is 6.42 Å². The van der Waals surface area contributed by atoms with Gasteiger partial charge in [0, 0.05) is 43.5 Å². The van der Waals surface area contributed by atoms with Gasteiger partial charge in [-0.15, -0.1) is 0 Å². The fourth-order valence-electron chi connectivity index (χ4n) is 8.55. The Balaban J connectivity index is 1.28. The number of aromatic nitrogens is 2. The highest BCUT2D eigenvalue weighted by molar-refractivity contribution is 6.04. The molecule has 2 bridgehead atoms. The van der Waals surface area contributed by atoms with Gasteiger partial charge in [-0.3, -0.25) is 4.90 Å². The Morgan fingerprint density at radius 3 is 2.77 bits per heavy atom. The first-order valence-corrected chi connectivity index (χ1v) is 16.1. The number of nitrogens with zero attached hydrogens (tertiary/aromatic N) is 4. The van der Waals surface area contributed by atoms with Crippen LogP contribution in [0.1, 0.15) is 50.2 Å². The molecule has 2 N–H and O–H groups in total. The van der Waals surface area contributed by atoms with Crippen LogP contribution in [0.15, 0.2) is 36.4 Å². The first kappa shape index (κ1) is 28.0. The van der Waals surface area contributed by atoms with Crippen molar-refractivity contribution in [2.75, 3.05) is 37.7 Å². The average Bonchev–Trinajstić information content (AvgIpc) is 3.56. The van der Waals surface area contributed by atoms with Gasteiger partial charge in [0.25, 0.3) is 0 Å². The molecule has 6 heterocycles. The van der Waals surface area contributed by atoms with Crippen LogP contribution in [0.25, 0.3) is 32.8 Å². The quantitative estimate of drug-likeness (QED) is 0.279. The molecule has 5 fully saturated rings. The van der Waals surface area contributed by atoms with E-state index in [4.69, 9.17) is 14.7 Å². The first-order chi connectivity index (χ1) is 21.3. The number of phenols is 1. The number of benzene rings is 3. The van der Waals surface area contributed by atoms with E-state index in [1.54, 1.807) is 18.2 Å². The summed E-state index contributed by atoms with van der Waals surface area (Å²) in [6, 6.07) is 11.8. The van der Waals surface area contributed by atoms with Crippen LogP contribution >= 0.6 is 0 Å². The molecule has 0 spiro atoms. The number of hydrogen-bond donors (Lipinski definition) is 2. The van der Waals surface area contributed by atoms with E-state index in [0.29, 0.717) is 49.7 Å². The number of halogens is 2. The minimum atomic E-state index is -0.830. The number of aromatic hydroxyl groups is 1. The lowest BCUT2D eigenvalue weighted by molar-refractivity contribution is 0.107. The third-order valence-electron chi connectivity index (χ3n) is 10.7. The molecule has 5 saturated heterocycles. The van der Waals surface area contributed by atoms with E-state index in [9.17, 15) is 9.50 Å². The maximum absolute atomic E-state index is 15.0. The summed E-state index contributed by atoms with van der Waals surface area (Å²) in [5, 5.41) is 16.9. The van der Waals surface area contributed by atoms with E-state index in [1.165, 1.54) is 6.07 Å². The van der Waals surface area contributed by atoms with Gasteiger partial charge in [0.2, 0.25) is 0 Å². The second-order valence-corrected chi connectivity index (χ2v) is 13.3. The van der Waals surface area contributed by atoms with Crippen molar-refractivity contribution in [1.82, 2.24) is 20.2 Å². The van der Waals surface area contributed by atoms with Crippen molar-refractivity contribution in [1.29, 1.82) is 0 Å². The lowest BCUT2D eigenvalue weighted by atomic mass is 9.89. The maximum Gasteiger partial charge on any atom is 0.319 e. The third kappa shape index (κ3) is 4.42. The van der Waals surface area contributed by atoms with E-state index in [0.717, 1.165) is 89.5 Å². The molecule has 9 heteroatoms. The van der Waals surface area contributed by atoms with Crippen molar-refractivity contribution in [2.45, 2.75) is 76.2 Å². The second kappa shape index (κ2) is 10.5. The fraction of sp³-hybridized carbons (Fsp3) is 0.486. The Hall–Kier alpha value is -3.56.